The van der Waals surface area contributed by atoms with Gasteiger partial charge in [-0.05, 0) is 59.7 Å². The van der Waals surface area contributed by atoms with Crippen LogP contribution in [0.15, 0.2) is 24.3 Å². The van der Waals surface area contributed by atoms with Crippen molar-refractivity contribution in [3.05, 3.63) is 27.8 Å². The molecule has 88 valence electrons. The molecule has 0 saturated carbocycles. The van der Waals surface area contributed by atoms with Crippen LogP contribution >= 0.6 is 22.6 Å². The number of halogens is 1. The molecular formula is C12H16INO2. The first-order valence-electron chi connectivity index (χ1n) is 5.31. The highest BCUT2D eigenvalue weighted by Crippen LogP contribution is 2.23. The van der Waals surface area contributed by atoms with E-state index in [4.69, 9.17) is 0 Å². The molecule has 1 aromatic carbocycles. The van der Waals surface area contributed by atoms with Gasteiger partial charge in [-0.3, -0.25) is 0 Å². The third-order valence-electron chi connectivity index (χ3n) is 2.84. The van der Waals surface area contributed by atoms with Crippen molar-refractivity contribution in [2.45, 2.75) is 32.2 Å². The molecule has 0 bridgehead atoms. The zero-order chi connectivity index (χ0) is 12.2. The van der Waals surface area contributed by atoms with Gasteiger partial charge in [0.1, 0.15) is 5.54 Å². The Balaban J connectivity index is 2.91. The molecule has 0 aliphatic rings. The van der Waals surface area contributed by atoms with E-state index in [0.29, 0.717) is 12.8 Å². The molecule has 0 unspecified atom stereocenters. The number of hydrogen-bond donors (Lipinski definition) is 2. The second-order valence-electron chi connectivity index (χ2n) is 3.73. The number of nitrogens with one attached hydrogen (secondary N) is 1. The molecule has 0 saturated heterocycles. The fourth-order valence-corrected chi connectivity index (χ4v) is 1.95. The Bertz CT molecular complexity index is 358. The molecule has 2 N–H and O–H groups in total. The summed E-state index contributed by atoms with van der Waals surface area (Å²) in [5, 5.41) is 12.4. The predicted octanol–water partition coefficient (Wildman–Crippen LogP) is 3.35. The number of carboxylic acid groups (broad SMARTS) is 1. The quantitative estimate of drug-likeness (QED) is 0.813. The minimum absolute atomic E-state index is 0.560. The van der Waals surface area contributed by atoms with Gasteiger partial charge in [0.2, 0.25) is 0 Å². The van der Waals surface area contributed by atoms with Crippen LogP contribution in [0.1, 0.15) is 26.7 Å². The maximum atomic E-state index is 11.3. The van der Waals surface area contributed by atoms with Crippen molar-refractivity contribution in [1.29, 1.82) is 0 Å². The third kappa shape index (κ3) is 2.87. The van der Waals surface area contributed by atoms with Crippen LogP contribution in [0.3, 0.4) is 0 Å². The van der Waals surface area contributed by atoms with E-state index in [0.717, 1.165) is 9.26 Å². The van der Waals surface area contributed by atoms with Gasteiger partial charge in [0.05, 0.1) is 0 Å². The molecule has 16 heavy (non-hydrogen) atoms. The summed E-state index contributed by atoms with van der Waals surface area (Å²) in [6.45, 7) is 3.77. The SMILES string of the molecule is CCC(CC)(Nc1ccc(I)cc1)C(=O)O. The first kappa shape index (κ1) is 13.3. The molecule has 0 amide bonds. The number of rotatable bonds is 5. The monoisotopic (exact) mass is 333 g/mol. The third-order valence-corrected chi connectivity index (χ3v) is 3.56. The summed E-state index contributed by atoms with van der Waals surface area (Å²) >= 11 is 2.22. The summed E-state index contributed by atoms with van der Waals surface area (Å²) in [7, 11) is 0. The lowest BCUT2D eigenvalue weighted by atomic mass is 9.92. The van der Waals surface area contributed by atoms with Crippen molar-refractivity contribution in [2.75, 3.05) is 5.32 Å². The van der Waals surface area contributed by atoms with Crippen molar-refractivity contribution in [3.63, 3.8) is 0 Å². The van der Waals surface area contributed by atoms with Crippen LogP contribution in [0.5, 0.6) is 0 Å². The smallest absolute Gasteiger partial charge is 0.329 e. The normalized spacial score (nSPS) is 11.2. The number of carboxylic acids is 1. The fourth-order valence-electron chi connectivity index (χ4n) is 1.59. The van der Waals surface area contributed by atoms with Gasteiger partial charge in [0.15, 0.2) is 0 Å². The molecule has 1 aromatic rings. The molecular weight excluding hydrogens is 317 g/mol. The van der Waals surface area contributed by atoms with Gasteiger partial charge in [-0.1, -0.05) is 13.8 Å². The van der Waals surface area contributed by atoms with Crippen LogP contribution in [-0.2, 0) is 4.79 Å². The average molecular weight is 333 g/mol. The predicted molar refractivity (Wildman–Crippen MR) is 73.7 cm³/mol. The molecule has 0 fully saturated rings. The van der Waals surface area contributed by atoms with E-state index in [-0.39, 0.29) is 0 Å². The van der Waals surface area contributed by atoms with Gasteiger partial charge in [-0.2, -0.15) is 0 Å². The van der Waals surface area contributed by atoms with E-state index in [1.54, 1.807) is 0 Å². The molecule has 4 heteroatoms. The van der Waals surface area contributed by atoms with Gasteiger partial charge >= 0.3 is 5.97 Å². The van der Waals surface area contributed by atoms with E-state index >= 15 is 0 Å². The zero-order valence-electron chi connectivity index (χ0n) is 9.46. The number of anilines is 1. The van der Waals surface area contributed by atoms with Gasteiger partial charge in [-0.15, -0.1) is 0 Å². The average Bonchev–Trinajstić information content (AvgIpc) is 2.28. The van der Waals surface area contributed by atoms with Crippen LogP contribution in [0.25, 0.3) is 0 Å². The van der Waals surface area contributed by atoms with E-state index in [2.05, 4.69) is 27.9 Å². The summed E-state index contributed by atoms with van der Waals surface area (Å²) in [5.74, 6) is -0.795. The van der Waals surface area contributed by atoms with Crippen LogP contribution in [-0.4, -0.2) is 16.6 Å². The highest BCUT2D eigenvalue weighted by molar-refractivity contribution is 14.1. The number of aliphatic carboxylic acids is 1. The first-order valence-corrected chi connectivity index (χ1v) is 6.39. The lowest BCUT2D eigenvalue weighted by molar-refractivity contribution is -0.142. The minimum atomic E-state index is -0.854. The number of carbonyl (C=O) groups is 1. The Morgan fingerprint density at radius 2 is 1.81 bits per heavy atom. The van der Waals surface area contributed by atoms with Crippen LogP contribution < -0.4 is 5.32 Å². The fraction of sp³-hybridized carbons (Fsp3) is 0.417. The maximum Gasteiger partial charge on any atom is 0.329 e. The summed E-state index contributed by atoms with van der Waals surface area (Å²) in [4.78, 5) is 11.3. The lowest BCUT2D eigenvalue weighted by Crippen LogP contribution is -2.45. The van der Waals surface area contributed by atoms with Crippen molar-refractivity contribution in [2.24, 2.45) is 0 Å². The standard InChI is InChI=1S/C12H16INO2/c1-3-12(4-2,11(15)16)14-10-7-5-9(13)6-8-10/h5-8,14H,3-4H2,1-2H3,(H,15,16). The van der Waals surface area contributed by atoms with Crippen molar-refractivity contribution < 1.29 is 9.90 Å². The molecule has 0 radical (unpaired) electrons. The van der Waals surface area contributed by atoms with Crippen molar-refractivity contribution in [1.82, 2.24) is 0 Å². The van der Waals surface area contributed by atoms with Gasteiger partial charge < -0.3 is 10.4 Å². The minimum Gasteiger partial charge on any atom is -0.480 e. The summed E-state index contributed by atoms with van der Waals surface area (Å²) < 4.78 is 1.14. The Labute approximate surface area is 109 Å². The van der Waals surface area contributed by atoms with Crippen molar-refractivity contribution in [3.8, 4) is 0 Å². The molecule has 0 aromatic heterocycles. The van der Waals surface area contributed by atoms with E-state index in [9.17, 15) is 9.90 Å². The summed E-state index contributed by atoms with van der Waals surface area (Å²) in [6, 6.07) is 7.73. The molecule has 0 heterocycles. The molecule has 0 aliphatic carbocycles. The Morgan fingerprint density at radius 1 is 1.31 bits per heavy atom. The van der Waals surface area contributed by atoms with Crippen LogP contribution in [0.4, 0.5) is 5.69 Å². The number of hydrogen-bond acceptors (Lipinski definition) is 2. The van der Waals surface area contributed by atoms with E-state index in [1.165, 1.54) is 0 Å². The van der Waals surface area contributed by atoms with Crippen LogP contribution in [0, 0.1) is 3.57 Å². The van der Waals surface area contributed by atoms with Gasteiger partial charge in [-0.25, -0.2) is 4.79 Å². The van der Waals surface area contributed by atoms with Crippen LogP contribution in [0.2, 0.25) is 0 Å². The van der Waals surface area contributed by atoms with Gasteiger partial charge in [0.25, 0.3) is 0 Å². The molecule has 0 spiro atoms. The molecule has 0 aliphatic heterocycles. The highest BCUT2D eigenvalue weighted by atomic mass is 127. The second kappa shape index (κ2) is 5.52. The molecule has 1 rings (SSSR count). The largest absolute Gasteiger partial charge is 0.480 e. The second-order valence-corrected chi connectivity index (χ2v) is 4.97. The number of benzene rings is 1. The summed E-state index contributed by atoms with van der Waals surface area (Å²) in [5.41, 5.74) is -0.00112. The molecule has 0 atom stereocenters. The lowest BCUT2D eigenvalue weighted by Gasteiger charge is -2.29. The Kier molecular flexibility index (Phi) is 4.58. The van der Waals surface area contributed by atoms with E-state index < -0.39 is 11.5 Å². The van der Waals surface area contributed by atoms with E-state index in [1.807, 2.05) is 38.1 Å². The first-order chi connectivity index (χ1) is 7.54. The topological polar surface area (TPSA) is 49.3 Å². The Hall–Kier alpha value is -0.780. The maximum absolute atomic E-state index is 11.3. The van der Waals surface area contributed by atoms with Crippen molar-refractivity contribution >= 4 is 34.2 Å². The summed E-state index contributed by atoms with van der Waals surface area (Å²) in [6.07, 6.45) is 1.12. The molecule has 3 nitrogen and oxygen atoms in total. The highest BCUT2D eigenvalue weighted by Gasteiger charge is 2.34. The zero-order valence-corrected chi connectivity index (χ0v) is 11.6. The van der Waals surface area contributed by atoms with Gasteiger partial charge in [0, 0.05) is 9.26 Å². The Morgan fingerprint density at radius 3 is 2.19 bits per heavy atom.